The number of benzene rings is 1. The topological polar surface area (TPSA) is 32.3 Å². The van der Waals surface area contributed by atoms with E-state index in [2.05, 4.69) is 31.3 Å². The standard InChI is InChI=1S/C18H26ClNO/c1-17(2)10-13-5-6-14(19)9-15(13)16(17)20-11-18(12-21)7-3-4-8-18/h5-6,9,16,20-21H,3-4,7-8,10-12H2,1-2H3. The van der Waals surface area contributed by atoms with Gasteiger partial charge in [-0.3, -0.25) is 0 Å². The molecule has 0 aromatic heterocycles. The van der Waals surface area contributed by atoms with Crippen LogP contribution in [-0.4, -0.2) is 18.3 Å². The van der Waals surface area contributed by atoms with Gasteiger partial charge in [0, 0.05) is 29.6 Å². The highest BCUT2D eigenvalue weighted by Crippen LogP contribution is 2.47. The Morgan fingerprint density at radius 2 is 2.00 bits per heavy atom. The molecule has 0 saturated heterocycles. The number of fused-ring (bicyclic) bond motifs is 1. The van der Waals surface area contributed by atoms with Crippen LogP contribution >= 0.6 is 11.6 Å². The molecule has 0 spiro atoms. The Balaban J connectivity index is 1.79. The van der Waals surface area contributed by atoms with Crippen LogP contribution in [0.5, 0.6) is 0 Å². The van der Waals surface area contributed by atoms with Crippen LogP contribution in [-0.2, 0) is 6.42 Å². The first-order valence-electron chi connectivity index (χ1n) is 8.08. The monoisotopic (exact) mass is 307 g/mol. The van der Waals surface area contributed by atoms with Gasteiger partial charge in [-0.15, -0.1) is 0 Å². The molecule has 1 atom stereocenters. The molecular formula is C18H26ClNO. The van der Waals surface area contributed by atoms with Gasteiger partial charge in [0.2, 0.25) is 0 Å². The molecule has 1 unspecified atom stereocenters. The summed E-state index contributed by atoms with van der Waals surface area (Å²) in [5, 5.41) is 14.4. The Labute approximate surface area is 132 Å². The van der Waals surface area contributed by atoms with Crippen LogP contribution in [0.15, 0.2) is 18.2 Å². The normalized spacial score (nSPS) is 26.0. The van der Waals surface area contributed by atoms with Gasteiger partial charge in [-0.05, 0) is 47.9 Å². The van der Waals surface area contributed by atoms with Crippen molar-refractivity contribution in [3.63, 3.8) is 0 Å². The van der Waals surface area contributed by atoms with E-state index in [1.165, 1.54) is 24.0 Å². The zero-order valence-electron chi connectivity index (χ0n) is 13.1. The first-order chi connectivity index (χ1) is 9.96. The molecule has 116 valence electrons. The van der Waals surface area contributed by atoms with E-state index in [4.69, 9.17) is 11.6 Å². The smallest absolute Gasteiger partial charge is 0.0499 e. The fraction of sp³-hybridized carbons (Fsp3) is 0.667. The summed E-state index contributed by atoms with van der Waals surface area (Å²) in [5.74, 6) is 0. The number of hydrogen-bond acceptors (Lipinski definition) is 2. The van der Waals surface area contributed by atoms with Gasteiger partial charge in [0.1, 0.15) is 0 Å². The van der Waals surface area contributed by atoms with E-state index in [1.54, 1.807) is 0 Å². The van der Waals surface area contributed by atoms with Crippen molar-refractivity contribution >= 4 is 11.6 Å². The molecule has 3 rings (SSSR count). The third kappa shape index (κ3) is 2.86. The Morgan fingerprint density at radius 1 is 1.29 bits per heavy atom. The predicted octanol–water partition coefficient (Wildman–Crippen LogP) is 4.11. The molecule has 2 N–H and O–H groups in total. The summed E-state index contributed by atoms with van der Waals surface area (Å²) in [5.41, 5.74) is 3.05. The number of halogens is 1. The molecule has 21 heavy (non-hydrogen) atoms. The van der Waals surface area contributed by atoms with Gasteiger partial charge in [-0.1, -0.05) is 44.4 Å². The molecule has 2 aliphatic rings. The summed E-state index contributed by atoms with van der Waals surface area (Å²) in [7, 11) is 0. The van der Waals surface area contributed by atoms with Crippen molar-refractivity contribution < 1.29 is 5.11 Å². The summed E-state index contributed by atoms with van der Waals surface area (Å²) >= 11 is 6.20. The van der Waals surface area contributed by atoms with Gasteiger partial charge in [0.15, 0.2) is 0 Å². The predicted molar refractivity (Wildman–Crippen MR) is 87.7 cm³/mol. The fourth-order valence-corrected chi connectivity index (χ4v) is 4.41. The molecular weight excluding hydrogens is 282 g/mol. The van der Waals surface area contributed by atoms with E-state index in [0.29, 0.717) is 12.6 Å². The van der Waals surface area contributed by atoms with Crippen LogP contribution in [0, 0.1) is 10.8 Å². The van der Waals surface area contributed by atoms with Crippen molar-refractivity contribution in [1.82, 2.24) is 5.32 Å². The second-order valence-electron chi connectivity index (χ2n) is 7.69. The average Bonchev–Trinajstić information content (AvgIpc) is 2.99. The van der Waals surface area contributed by atoms with Gasteiger partial charge < -0.3 is 10.4 Å². The third-order valence-corrected chi connectivity index (χ3v) is 5.76. The maximum Gasteiger partial charge on any atom is 0.0499 e. The lowest BCUT2D eigenvalue weighted by Crippen LogP contribution is -2.40. The van der Waals surface area contributed by atoms with Gasteiger partial charge in [-0.25, -0.2) is 0 Å². The van der Waals surface area contributed by atoms with Crippen molar-refractivity contribution in [1.29, 1.82) is 0 Å². The van der Waals surface area contributed by atoms with Crippen LogP contribution in [0.1, 0.15) is 56.7 Å². The zero-order chi connectivity index (χ0) is 15.1. The number of hydrogen-bond donors (Lipinski definition) is 2. The van der Waals surface area contributed by atoms with Crippen LogP contribution in [0.4, 0.5) is 0 Å². The second-order valence-corrected chi connectivity index (χ2v) is 8.12. The van der Waals surface area contributed by atoms with Crippen LogP contribution in [0.2, 0.25) is 5.02 Å². The molecule has 0 bridgehead atoms. The molecule has 3 heteroatoms. The highest BCUT2D eigenvalue weighted by Gasteiger charge is 2.41. The van der Waals surface area contributed by atoms with Crippen LogP contribution in [0.3, 0.4) is 0 Å². The highest BCUT2D eigenvalue weighted by atomic mass is 35.5. The Hall–Kier alpha value is -0.570. The van der Waals surface area contributed by atoms with Crippen molar-refractivity contribution in [2.24, 2.45) is 10.8 Å². The quantitative estimate of drug-likeness (QED) is 0.877. The SMILES string of the molecule is CC1(C)Cc2ccc(Cl)cc2C1NCC1(CO)CCCC1. The minimum Gasteiger partial charge on any atom is -0.396 e. The van der Waals surface area contributed by atoms with Gasteiger partial charge in [0.25, 0.3) is 0 Å². The van der Waals surface area contributed by atoms with E-state index in [1.807, 2.05) is 6.07 Å². The first-order valence-corrected chi connectivity index (χ1v) is 8.46. The van der Waals surface area contributed by atoms with Crippen molar-refractivity contribution in [2.45, 2.75) is 52.0 Å². The van der Waals surface area contributed by atoms with E-state index < -0.39 is 0 Å². The molecule has 1 saturated carbocycles. The number of rotatable bonds is 4. The Kier molecular flexibility index (Phi) is 4.06. The minimum atomic E-state index is 0.0947. The summed E-state index contributed by atoms with van der Waals surface area (Å²) in [4.78, 5) is 0. The van der Waals surface area contributed by atoms with Crippen molar-refractivity contribution in [3.05, 3.63) is 34.3 Å². The second kappa shape index (κ2) is 5.57. The zero-order valence-corrected chi connectivity index (χ0v) is 13.8. The van der Waals surface area contributed by atoms with Crippen molar-refractivity contribution in [3.8, 4) is 0 Å². The molecule has 1 aromatic carbocycles. The van der Waals surface area contributed by atoms with E-state index in [-0.39, 0.29) is 10.8 Å². The van der Waals surface area contributed by atoms with Gasteiger partial charge >= 0.3 is 0 Å². The summed E-state index contributed by atoms with van der Waals surface area (Å²) in [6, 6.07) is 6.60. The van der Waals surface area contributed by atoms with E-state index >= 15 is 0 Å². The van der Waals surface area contributed by atoms with Gasteiger partial charge in [0.05, 0.1) is 0 Å². The van der Waals surface area contributed by atoms with Crippen LogP contribution in [0.25, 0.3) is 0 Å². The average molecular weight is 308 g/mol. The molecule has 2 nitrogen and oxygen atoms in total. The highest BCUT2D eigenvalue weighted by molar-refractivity contribution is 6.30. The number of aliphatic hydroxyl groups excluding tert-OH is 1. The van der Waals surface area contributed by atoms with E-state index in [9.17, 15) is 5.11 Å². The Morgan fingerprint density at radius 3 is 2.67 bits per heavy atom. The molecule has 1 aromatic rings. The van der Waals surface area contributed by atoms with E-state index in [0.717, 1.165) is 30.8 Å². The molecule has 0 amide bonds. The molecule has 2 aliphatic carbocycles. The Bertz CT molecular complexity index is 520. The van der Waals surface area contributed by atoms with Crippen molar-refractivity contribution in [2.75, 3.05) is 13.2 Å². The maximum atomic E-state index is 9.80. The summed E-state index contributed by atoms with van der Waals surface area (Å²) < 4.78 is 0. The lowest BCUT2D eigenvalue weighted by atomic mass is 9.82. The summed E-state index contributed by atoms with van der Waals surface area (Å²) in [6.07, 6.45) is 5.87. The first kappa shape index (κ1) is 15.3. The lowest BCUT2D eigenvalue weighted by molar-refractivity contribution is 0.116. The lowest BCUT2D eigenvalue weighted by Gasteiger charge is -2.34. The molecule has 1 fully saturated rings. The fourth-order valence-electron chi connectivity index (χ4n) is 4.23. The summed E-state index contributed by atoms with van der Waals surface area (Å²) in [6.45, 7) is 5.84. The van der Waals surface area contributed by atoms with Gasteiger partial charge in [-0.2, -0.15) is 0 Å². The molecule has 0 radical (unpaired) electrons. The molecule has 0 aliphatic heterocycles. The minimum absolute atomic E-state index is 0.0947. The largest absolute Gasteiger partial charge is 0.396 e. The van der Waals surface area contributed by atoms with Crippen LogP contribution < -0.4 is 5.32 Å². The number of aliphatic hydroxyl groups is 1. The third-order valence-electron chi connectivity index (χ3n) is 5.53. The maximum absolute atomic E-state index is 9.80. The number of nitrogens with one attached hydrogen (secondary N) is 1. The molecule has 0 heterocycles.